The second-order valence-corrected chi connectivity index (χ2v) is 8.38. The van der Waals surface area contributed by atoms with Gasteiger partial charge in [-0.1, -0.05) is 24.3 Å². The predicted molar refractivity (Wildman–Crippen MR) is 103 cm³/mol. The lowest BCUT2D eigenvalue weighted by Gasteiger charge is -2.32. The van der Waals surface area contributed by atoms with Crippen molar-refractivity contribution in [3.05, 3.63) is 59.7 Å². The van der Waals surface area contributed by atoms with Gasteiger partial charge in [-0.15, -0.1) is 0 Å². The predicted octanol–water partition coefficient (Wildman–Crippen LogP) is 2.79. The molecule has 2 aromatic carbocycles. The van der Waals surface area contributed by atoms with Crippen LogP contribution in [-0.4, -0.2) is 51.4 Å². The molecular weight excluding hydrogens is 334 g/mol. The first kappa shape index (κ1) is 17.9. The normalized spacial score (nSPS) is 16.7. The van der Waals surface area contributed by atoms with Crippen molar-refractivity contribution in [2.24, 2.45) is 0 Å². The molecule has 1 aliphatic rings. The van der Waals surface area contributed by atoms with E-state index in [4.69, 9.17) is 0 Å². The van der Waals surface area contributed by atoms with Gasteiger partial charge < -0.3 is 4.90 Å². The highest BCUT2D eigenvalue weighted by Gasteiger charge is 2.15. The van der Waals surface area contributed by atoms with Gasteiger partial charge in [-0.3, -0.25) is 9.62 Å². The van der Waals surface area contributed by atoms with E-state index in [1.807, 2.05) is 37.3 Å². The van der Waals surface area contributed by atoms with Crippen LogP contribution in [0.3, 0.4) is 0 Å². The summed E-state index contributed by atoms with van der Waals surface area (Å²) >= 11 is 0. The SMILES string of the molecule is Cc1cccc(S(=O)(=O)Nc2ccc(CN3CCN(C)CC3)cc2)c1.[HH]. The number of piperazine rings is 1. The maximum absolute atomic E-state index is 12.5. The van der Waals surface area contributed by atoms with E-state index in [0.717, 1.165) is 38.3 Å². The Kier molecular flexibility index (Phi) is 5.42. The molecule has 1 saturated heterocycles. The molecule has 25 heavy (non-hydrogen) atoms. The number of likely N-dealkylation sites (N-methyl/N-ethyl adjacent to an activating group) is 1. The van der Waals surface area contributed by atoms with E-state index >= 15 is 0 Å². The van der Waals surface area contributed by atoms with Crippen LogP contribution in [0.2, 0.25) is 0 Å². The topological polar surface area (TPSA) is 52.7 Å². The molecule has 1 N–H and O–H groups in total. The van der Waals surface area contributed by atoms with Crippen LogP contribution in [0.5, 0.6) is 0 Å². The maximum atomic E-state index is 12.5. The molecule has 2 aromatic rings. The molecule has 0 aliphatic carbocycles. The highest BCUT2D eigenvalue weighted by Crippen LogP contribution is 2.18. The molecule has 0 spiro atoms. The Balaban J connectivity index is 0.00000243. The third kappa shape index (κ3) is 4.81. The van der Waals surface area contributed by atoms with Gasteiger partial charge in [0, 0.05) is 39.8 Å². The zero-order valence-electron chi connectivity index (χ0n) is 14.8. The van der Waals surface area contributed by atoms with Crippen molar-refractivity contribution in [3.8, 4) is 0 Å². The number of anilines is 1. The fourth-order valence-electron chi connectivity index (χ4n) is 2.94. The second-order valence-electron chi connectivity index (χ2n) is 6.70. The molecule has 1 fully saturated rings. The average molecular weight is 362 g/mol. The van der Waals surface area contributed by atoms with E-state index in [1.165, 1.54) is 5.56 Å². The van der Waals surface area contributed by atoms with Gasteiger partial charge in [-0.25, -0.2) is 8.42 Å². The van der Waals surface area contributed by atoms with Gasteiger partial charge in [0.15, 0.2) is 0 Å². The Labute approximate surface area is 151 Å². The van der Waals surface area contributed by atoms with Crippen LogP contribution in [0.25, 0.3) is 0 Å². The molecule has 1 heterocycles. The van der Waals surface area contributed by atoms with Gasteiger partial charge in [0.25, 0.3) is 10.0 Å². The lowest BCUT2D eigenvalue weighted by molar-refractivity contribution is 0.148. The molecule has 0 aromatic heterocycles. The third-order valence-corrected chi connectivity index (χ3v) is 5.89. The van der Waals surface area contributed by atoms with Crippen molar-refractivity contribution >= 4 is 15.7 Å². The fourth-order valence-corrected chi connectivity index (χ4v) is 4.10. The molecule has 0 amide bonds. The lowest BCUT2D eigenvalue weighted by Crippen LogP contribution is -2.43. The van der Waals surface area contributed by atoms with Crippen LogP contribution >= 0.6 is 0 Å². The highest BCUT2D eigenvalue weighted by molar-refractivity contribution is 7.92. The number of nitrogens with zero attached hydrogens (tertiary/aromatic N) is 2. The largest absolute Gasteiger partial charge is 0.304 e. The van der Waals surface area contributed by atoms with Gasteiger partial charge in [-0.05, 0) is 49.4 Å². The molecule has 6 heteroatoms. The van der Waals surface area contributed by atoms with E-state index in [-0.39, 0.29) is 6.32 Å². The first-order valence-corrected chi connectivity index (χ1v) is 10.00. The molecule has 0 atom stereocenters. The summed E-state index contributed by atoms with van der Waals surface area (Å²) in [5.74, 6) is 0. The van der Waals surface area contributed by atoms with Crippen molar-refractivity contribution in [1.29, 1.82) is 0 Å². The number of sulfonamides is 1. The van der Waals surface area contributed by atoms with E-state index in [1.54, 1.807) is 18.2 Å². The Morgan fingerprint density at radius 2 is 1.72 bits per heavy atom. The minimum Gasteiger partial charge on any atom is -0.304 e. The lowest BCUT2D eigenvalue weighted by atomic mass is 10.2. The molecule has 0 radical (unpaired) electrons. The van der Waals surface area contributed by atoms with E-state index in [2.05, 4.69) is 21.6 Å². The van der Waals surface area contributed by atoms with Gasteiger partial charge in [-0.2, -0.15) is 0 Å². The Morgan fingerprint density at radius 1 is 1.04 bits per heavy atom. The first-order chi connectivity index (χ1) is 11.9. The smallest absolute Gasteiger partial charge is 0.261 e. The van der Waals surface area contributed by atoms with Crippen LogP contribution in [0.1, 0.15) is 12.6 Å². The van der Waals surface area contributed by atoms with E-state index < -0.39 is 10.0 Å². The molecule has 0 unspecified atom stereocenters. The zero-order chi connectivity index (χ0) is 17.9. The van der Waals surface area contributed by atoms with Crippen molar-refractivity contribution in [2.75, 3.05) is 37.9 Å². The summed E-state index contributed by atoms with van der Waals surface area (Å²) in [7, 11) is -1.40. The number of hydrogen-bond donors (Lipinski definition) is 1. The molecule has 5 nitrogen and oxygen atoms in total. The van der Waals surface area contributed by atoms with Crippen LogP contribution in [0.15, 0.2) is 53.4 Å². The van der Waals surface area contributed by atoms with Gasteiger partial charge in [0.2, 0.25) is 0 Å². The molecule has 0 saturated carbocycles. The first-order valence-electron chi connectivity index (χ1n) is 8.52. The van der Waals surface area contributed by atoms with Crippen LogP contribution in [0.4, 0.5) is 5.69 Å². The summed E-state index contributed by atoms with van der Waals surface area (Å²) < 4.78 is 27.6. The monoisotopic (exact) mass is 361 g/mol. The minimum atomic E-state index is -3.55. The Hall–Kier alpha value is -1.89. The summed E-state index contributed by atoms with van der Waals surface area (Å²) in [4.78, 5) is 5.04. The van der Waals surface area contributed by atoms with Gasteiger partial charge >= 0.3 is 0 Å². The molecule has 3 rings (SSSR count). The molecular formula is C19H27N3O2S. The third-order valence-electron chi connectivity index (χ3n) is 4.51. The number of nitrogens with one attached hydrogen (secondary N) is 1. The second kappa shape index (κ2) is 7.56. The van der Waals surface area contributed by atoms with Crippen LogP contribution in [0, 0.1) is 6.92 Å². The van der Waals surface area contributed by atoms with Crippen molar-refractivity contribution in [1.82, 2.24) is 9.80 Å². The van der Waals surface area contributed by atoms with Crippen molar-refractivity contribution in [3.63, 3.8) is 0 Å². The van der Waals surface area contributed by atoms with E-state index in [0.29, 0.717) is 5.69 Å². The summed E-state index contributed by atoms with van der Waals surface area (Å²) in [6.45, 7) is 7.10. The average Bonchev–Trinajstić information content (AvgIpc) is 2.58. The number of aryl methyl sites for hydroxylation is 1. The number of benzene rings is 2. The molecule has 1 aliphatic heterocycles. The Bertz CT molecular complexity index is 817. The highest BCUT2D eigenvalue weighted by atomic mass is 32.2. The van der Waals surface area contributed by atoms with Crippen LogP contribution < -0.4 is 4.72 Å². The van der Waals surface area contributed by atoms with Crippen molar-refractivity contribution in [2.45, 2.75) is 18.4 Å². The standard InChI is InChI=1S/C19H25N3O2S.H2/c1-16-4-3-5-19(14-16)25(23,24)20-18-8-6-17(7-9-18)15-22-12-10-21(2)11-13-22;/h3-9,14,20H,10-13,15H2,1-2H3;1H. The van der Waals surface area contributed by atoms with Gasteiger partial charge in [0.05, 0.1) is 4.90 Å². The quantitative estimate of drug-likeness (QED) is 0.890. The van der Waals surface area contributed by atoms with E-state index in [9.17, 15) is 8.42 Å². The van der Waals surface area contributed by atoms with Crippen molar-refractivity contribution < 1.29 is 9.84 Å². The number of hydrogen-bond acceptors (Lipinski definition) is 4. The fraction of sp³-hybridized carbons (Fsp3) is 0.368. The Morgan fingerprint density at radius 3 is 2.36 bits per heavy atom. The minimum absolute atomic E-state index is 0. The summed E-state index contributed by atoms with van der Waals surface area (Å²) in [5.41, 5.74) is 2.71. The van der Waals surface area contributed by atoms with Gasteiger partial charge in [0.1, 0.15) is 0 Å². The molecule has 136 valence electrons. The number of rotatable bonds is 5. The maximum Gasteiger partial charge on any atom is 0.261 e. The summed E-state index contributed by atoms with van der Waals surface area (Å²) in [6.07, 6.45) is 0. The molecule has 0 bridgehead atoms. The summed E-state index contributed by atoms with van der Waals surface area (Å²) in [6, 6.07) is 14.6. The van der Waals surface area contributed by atoms with Crippen LogP contribution in [-0.2, 0) is 16.6 Å². The zero-order valence-corrected chi connectivity index (χ0v) is 15.6. The summed E-state index contributed by atoms with van der Waals surface area (Å²) in [5, 5.41) is 0.